The van der Waals surface area contributed by atoms with Gasteiger partial charge in [0, 0.05) is 16.0 Å². The van der Waals surface area contributed by atoms with E-state index >= 15 is 0 Å². The highest BCUT2D eigenvalue weighted by molar-refractivity contribution is 7.11. The lowest BCUT2D eigenvalue weighted by molar-refractivity contribution is 0.701. The van der Waals surface area contributed by atoms with Gasteiger partial charge in [-0.05, 0) is 37.9 Å². The molecule has 0 fully saturated rings. The van der Waals surface area contributed by atoms with Crippen molar-refractivity contribution in [3.63, 3.8) is 0 Å². The van der Waals surface area contributed by atoms with Crippen molar-refractivity contribution >= 4 is 22.7 Å². The summed E-state index contributed by atoms with van der Waals surface area (Å²) in [6, 6.07) is 2.48. The molecule has 2 aromatic heterocycles. The number of hydrogen-bond acceptors (Lipinski definition) is 4. The van der Waals surface area contributed by atoms with Crippen LogP contribution in [0.2, 0.25) is 0 Å². The van der Waals surface area contributed by atoms with Crippen LogP contribution >= 0.6 is 22.7 Å². The van der Waals surface area contributed by atoms with Gasteiger partial charge in [-0.15, -0.1) is 22.7 Å². The van der Waals surface area contributed by atoms with E-state index in [0.717, 1.165) is 5.01 Å². The zero-order valence-electron chi connectivity index (χ0n) is 9.07. The highest BCUT2D eigenvalue weighted by Gasteiger charge is 2.16. The standard InChI is InChI=1S/C11H14N2S2/c1-7-9(4-5-14-7)11(12-3)10-6-13-8(2)15-10/h4-6,11-12H,1-3H3. The third kappa shape index (κ3) is 2.12. The van der Waals surface area contributed by atoms with Crippen LogP contribution in [0.25, 0.3) is 0 Å². The largest absolute Gasteiger partial charge is 0.309 e. The topological polar surface area (TPSA) is 24.9 Å². The monoisotopic (exact) mass is 238 g/mol. The van der Waals surface area contributed by atoms with Gasteiger partial charge in [0.25, 0.3) is 0 Å². The molecule has 0 saturated heterocycles. The van der Waals surface area contributed by atoms with Gasteiger partial charge in [-0.2, -0.15) is 0 Å². The average Bonchev–Trinajstić information content (AvgIpc) is 2.79. The van der Waals surface area contributed by atoms with Crippen LogP contribution in [0.15, 0.2) is 17.6 Å². The molecule has 2 heterocycles. The van der Waals surface area contributed by atoms with Crippen molar-refractivity contribution in [3.05, 3.63) is 38.0 Å². The molecule has 0 aliphatic carbocycles. The van der Waals surface area contributed by atoms with E-state index in [0.29, 0.717) is 6.04 Å². The normalized spacial score (nSPS) is 13.0. The Labute approximate surface area is 98.0 Å². The van der Waals surface area contributed by atoms with Gasteiger partial charge in [-0.1, -0.05) is 0 Å². The van der Waals surface area contributed by atoms with Crippen molar-refractivity contribution in [1.29, 1.82) is 0 Å². The van der Waals surface area contributed by atoms with E-state index in [1.165, 1.54) is 15.3 Å². The van der Waals surface area contributed by atoms with E-state index in [9.17, 15) is 0 Å². The summed E-state index contributed by atoms with van der Waals surface area (Å²) in [7, 11) is 2.00. The number of rotatable bonds is 3. The van der Waals surface area contributed by atoms with Crippen molar-refractivity contribution in [2.45, 2.75) is 19.9 Å². The second kappa shape index (κ2) is 4.43. The van der Waals surface area contributed by atoms with Gasteiger partial charge in [0.05, 0.1) is 11.0 Å². The Bertz CT molecular complexity index is 445. The summed E-state index contributed by atoms with van der Waals surface area (Å²) in [6.07, 6.45) is 1.97. The van der Waals surface area contributed by atoms with Gasteiger partial charge in [0.15, 0.2) is 0 Å². The first kappa shape index (κ1) is 10.8. The third-order valence-electron chi connectivity index (χ3n) is 2.42. The summed E-state index contributed by atoms with van der Waals surface area (Å²) >= 11 is 3.55. The molecule has 2 rings (SSSR count). The lowest BCUT2D eigenvalue weighted by Crippen LogP contribution is -2.16. The zero-order chi connectivity index (χ0) is 10.8. The molecule has 2 nitrogen and oxygen atoms in total. The van der Waals surface area contributed by atoms with Gasteiger partial charge in [-0.3, -0.25) is 0 Å². The Kier molecular flexibility index (Phi) is 3.19. The number of nitrogens with one attached hydrogen (secondary N) is 1. The third-order valence-corrected chi connectivity index (χ3v) is 4.26. The van der Waals surface area contributed by atoms with Crippen LogP contribution in [0.4, 0.5) is 0 Å². The lowest BCUT2D eigenvalue weighted by atomic mass is 10.1. The number of aryl methyl sites for hydroxylation is 2. The molecule has 0 radical (unpaired) electrons. The first-order valence-corrected chi connectivity index (χ1v) is 6.55. The van der Waals surface area contributed by atoms with Gasteiger partial charge in [0.2, 0.25) is 0 Å². The molecule has 0 aliphatic rings. The Morgan fingerprint density at radius 2 is 2.20 bits per heavy atom. The van der Waals surface area contributed by atoms with Crippen LogP contribution in [0.5, 0.6) is 0 Å². The van der Waals surface area contributed by atoms with Gasteiger partial charge in [0.1, 0.15) is 0 Å². The Morgan fingerprint density at radius 1 is 1.40 bits per heavy atom. The summed E-state index contributed by atoms with van der Waals surface area (Å²) in [4.78, 5) is 6.97. The molecular weight excluding hydrogens is 224 g/mol. The summed E-state index contributed by atoms with van der Waals surface area (Å²) in [6.45, 7) is 4.21. The second-order valence-corrected chi connectivity index (χ2v) is 5.82. The highest BCUT2D eigenvalue weighted by Crippen LogP contribution is 2.30. The van der Waals surface area contributed by atoms with E-state index in [-0.39, 0.29) is 0 Å². The maximum atomic E-state index is 4.31. The minimum Gasteiger partial charge on any atom is -0.309 e. The van der Waals surface area contributed by atoms with Gasteiger partial charge < -0.3 is 5.32 Å². The van der Waals surface area contributed by atoms with E-state index in [1.54, 1.807) is 22.7 Å². The lowest BCUT2D eigenvalue weighted by Gasteiger charge is -2.13. The SMILES string of the molecule is CNC(c1cnc(C)s1)c1ccsc1C. The molecule has 80 valence electrons. The number of nitrogens with zero attached hydrogens (tertiary/aromatic N) is 1. The summed E-state index contributed by atoms with van der Waals surface area (Å²) in [5, 5.41) is 6.62. The summed E-state index contributed by atoms with van der Waals surface area (Å²) in [5.74, 6) is 0. The number of thiophene rings is 1. The highest BCUT2D eigenvalue weighted by atomic mass is 32.1. The Morgan fingerprint density at radius 3 is 2.67 bits per heavy atom. The summed E-state index contributed by atoms with van der Waals surface area (Å²) < 4.78 is 0. The maximum absolute atomic E-state index is 4.31. The molecule has 0 saturated carbocycles. The van der Waals surface area contributed by atoms with Crippen molar-refractivity contribution in [2.75, 3.05) is 7.05 Å². The molecule has 15 heavy (non-hydrogen) atoms. The minimum atomic E-state index is 0.294. The first-order chi connectivity index (χ1) is 7.22. The van der Waals surface area contributed by atoms with Crippen LogP contribution in [0.3, 0.4) is 0 Å². The summed E-state index contributed by atoms with van der Waals surface area (Å²) in [5.41, 5.74) is 1.37. The molecule has 0 aromatic carbocycles. The van der Waals surface area contributed by atoms with Crippen LogP contribution in [-0.4, -0.2) is 12.0 Å². The molecule has 1 atom stereocenters. The van der Waals surface area contributed by atoms with Gasteiger partial charge >= 0.3 is 0 Å². The number of thiazole rings is 1. The van der Waals surface area contributed by atoms with E-state index in [4.69, 9.17) is 0 Å². The molecule has 0 amide bonds. The fraction of sp³-hybridized carbons (Fsp3) is 0.364. The Balaban J connectivity index is 2.36. The van der Waals surface area contributed by atoms with Crippen LogP contribution in [-0.2, 0) is 0 Å². The van der Waals surface area contributed by atoms with E-state index < -0.39 is 0 Å². The van der Waals surface area contributed by atoms with E-state index in [2.05, 4.69) is 28.7 Å². The first-order valence-electron chi connectivity index (χ1n) is 4.86. The fourth-order valence-electron chi connectivity index (χ4n) is 1.66. The maximum Gasteiger partial charge on any atom is 0.0897 e. The minimum absolute atomic E-state index is 0.294. The van der Waals surface area contributed by atoms with Gasteiger partial charge in [-0.25, -0.2) is 4.98 Å². The number of hydrogen-bond donors (Lipinski definition) is 1. The second-order valence-electron chi connectivity index (χ2n) is 3.44. The molecule has 0 spiro atoms. The van der Waals surface area contributed by atoms with Crippen LogP contribution in [0.1, 0.15) is 26.4 Å². The smallest absolute Gasteiger partial charge is 0.0897 e. The quantitative estimate of drug-likeness (QED) is 0.888. The fourth-order valence-corrected chi connectivity index (χ4v) is 3.31. The van der Waals surface area contributed by atoms with Crippen molar-refractivity contribution in [1.82, 2.24) is 10.3 Å². The number of aromatic nitrogens is 1. The zero-order valence-corrected chi connectivity index (χ0v) is 10.7. The molecular formula is C11H14N2S2. The molecule has 0 bridgehead atoms. The van der Waals surface area contributed by atoms with Crippen molar-refractivity contribution < 1.29 is 0 Å². The Hall–Kier alpha value is -0.710. The van der Waals surface area contributed by atoms with Crippen LogP contribution in [0, 0.1) is 13.8 Å². The van der Waals surface area contributed by atoms with Crippen LogP contribution < -0.4 is 5.32 Å². The molecule has 1 unspecified atom stereocenters. The molecule has 1 N–H and O–H groups in total. The van der Waals surface area contributed by atoms with Crippen molar-refractivity contribution in [3.8, 4) is 0 Å². The molecule has 4 heteroatoms. The molecule has 2 aromatic rings. The predicted molar refractivity (Wildman–Crippen MR) is 66.8 cm³/mol. The predicted octanol–water partition coefficient (Wildman–Crippen LogP) is 3.13. The average molecular weight is 238 g/mol. The van der Waals surface area contributed by atoms with E-state index in [1.807, 2.05) is 20.2 Å². The molecule has 0 aliphatic heterocycles. The van der Waals surface area contributed by atoms with Crippen molar-refractivity contribution in [2.24, 2.45) is 0 Å².